The lowest BCUT2D eigenvalue weighted by Gasteiger charge is -2.48. The van der Waals surface area contributed by atoms with Crippen molar-refractivity contribution in [3.8, 4) is 0 Å². The highest BCUT2D eigenvalue weighted by molar-refractivity contribution is 5.90. The van der Waals surface area contributed by atoms with Crippen LogP contribution in [-0.2, 0) is 33.4 Å². The molecule has 1 aliphatic rings. The molecule has 1 fully saturated rings. The maximum absolute atomic E-state index is 12.7. The molecule has 1 rings (SSSR count). The van der Waals surface area contributed by atoms with Gasteiger partial charge in [-0.2, -0.15) is 0 Å². The number of amides is 2. The lowest BCUT2D eigenvalue weighted by molar-refractivity contribution is -0.245. The van der Waals surface area contributed by atoms with Gasteiger partial charge in [-0.1, -0.05) is 0 Å². The minimum atomic E-state index is -1.57. The molecule has 1 aliphatic heterocycles. The number of nitrogens with one attached hydrogen (secondary N) is 1. The lowest BCUT2D eigenvalue weighted by atomic mass is 9.94. The van der Waals surface area contributed by atoms with Crippen LogP contribution in [0, 0.1) is 0 Å². The van der Waals surface area contributed by atoms with E-state index in [1.54, 1.807) is 0 Å². The Morgan fingerprint density at radius 2 is 1.71 bits per heavy atom. The van der Waals surface area contributed by atoms with Crippen molar-refractivity contribution in [3.05, 3.63) is 0 Å². The molecule has 34 heavy (non-hydrogen) atoms. The van der Waals surface area contributed by atoms with E-state index in [0.717, 1.165) is 11.8 Å². The Hall–Kier alpha value is -2.85. The first-order chi connectivity index (χ1) is 15.7. The number of carboxylic acid groups (broad SMARTS) is 3. The molecule has 0 aromatic heterocycles. The number of ether oxygens (including phenoxy) is 2. The maximum atomic E-state index is 12.7. The van der Waals surface area contributed by atoms with Crippen LogP contribution in [0.15, 0.2) is 0 Å². The standard InChI is InChI=1S/C19H31N3O12/c1-7(16(28)21-10(19(31)32)4-5-12(25)26)22(9(3)24)17-13(20)15(33-8(2)18(29)30)14(27)11(6-23)34-17/h7-8,10-11,13-15,17,23,27H,4-6,20H2,1-3H3,(H,21,28)(H,25,26)(H,29,30)(H,31,32)/t7-,8+,10+,11+,13+,14+,15+,17?/m0/s1. The van der Waals surface area contributed by atoms with Crippen molar-refractivity contribution in [1.29, 1.82) is 0 Å². The van der Waals surface area contributed by atoms with Crippen LogP contribution in [0.5, 0.6) is 0 Å². The summed E-state index contributed by atoms with van der Waals surface area (Å²) in [6, 6.07) is -4.33. The summed E-state index contributed by atoms with van der Waals surface area (Å²) < 4.78 is 10.9. The number of nitrogens with zero attached hydrogens (tertiary/aromatic N) is 1. The van der Waals surface area contributed by atoms with Crippen molar-refractivity contribution in [3.63, 3.8) is 0 Å². The van der Waals surface area contributed by atoms with Crippen LogP contribution in [0.1, 0.15) is 33.6 Å². The number of nitrogens with two attached hydrogens (primary N) is 1. The van der Waals surface area contributed by atoms with Gasteiger partial charge in [-0.3, -0.25) is 14.4 Å². The molecule has 0 aromatic rings. The van der Waals surface area contributed by atoms with E-state index in [1.165, 1.54) is 13.8 Å². The number of aliphatic hydroxyl groups excluding tert-OH is 2. The Bertz CT molecular complexity index is 778. The number of aliphatic hydroxyl groups is 2. The number of carbonyl (C=O) groups excluding carboxylic acids is 2. The van der Waals surface area contributed by atoms with Gasteiger partial charge in [0.05, 0.1) is 12.6 Å². The Balaban J connectivity index is 3.18. The molecule has 1 unspecified atom stereocenters. The number of rotatable bonds is 12. The molecule has 2 amide bonds. The smallest absolute Gasteiger partial charge is 0.332 e. The second kappa shape index (κ2) is 12.6. The van der Waals surface area contributed by atoms with Gasteiger partial charge in [-0.05, 0) is 20.3 Å². The van der Waals surface area contributed by atoms with E-state index in [1.807, 2.05) is 0 Å². The molecule has 1 saturated heterocycles. The van der Waals surface area contributed by atoms with Crippen molar-refractivity contribution in [2.24, 2.45) is 5.73 Å². The summed E-state index contributed by atoms with van der Waals surface area (Å²) in [5, 5.41) is 49.3. The molecule has 8 N–H and O–H groups in total. The van der Waals surface area contributed by atoms with Gasteiger partial charge in [-0.25, -0.2) is 9.59 Å². The summed E-state index contributed by atoms with van der Waals surface area (Å²) in [6.07, 6.45) is -8.17. The topological polar surface area (TPSA) is 246 Å². The molecule has 0 bridgehead atoms. The van der Waals surface area contributed by atoms with E-state index < -0.39 is 97.9 Å². The van der Waals surface area contributed by atoms with Gasteiger partial charge < -0.3 is 51.0 Å². The molecule has 0 aliphatic carbocycles. The second-order valence-electron chi connectivity index (χ2n) is 7.83. The average Bonchev–Trinajstić information content (AvgIpc) is 2.74. The van der Waals surface area contributed by atoms with Gasteiger partial charge in [0.2, 0.25) is 11.8 Å². The predicted molar refractivity (Wildman–Crippen MR) is 110 cm³/mol. The van der Waals surface area contributed by atoms with Gasteiger partial charge in [0.15, 0.2) is 12.3 Å². The Morgan fingerprint density at radius 3 is 2.15 bits per heavy atom. The molecule has 0 radical (unpaired) electrons. The second-order valence-corrected chi connectivity index (χ2v) is 7.83. The maximum Gasteiger partial charge on any atom is 0.332 e. The molecule has 0 aromatic carbocycles. The average molecular weight is 493 g/mol. The number of carboxylic acids is 3. The number of hydrogen-bond acceptors (Lipinski definition) is 10. The van der Waals surface area contributed by atoms with Crippen molar-refractivity contribution < 1.29 is 59.0 Å². The van der Waals surface area contributed by atoms with E-state index in [9.17, 15) is 39.3 Å². The van der Waals surface area contributed by atoms with Gasteiger partial charge in [-0.15, -0.1) is 0 Å². The summed E-state index contributed by atoms with van der Waals surface area (Å²) in [4.78, 5) is 59.3. The molecule has 15 heteroatoms. The molecule has 8 atom stereocenters. The van der Waals surface area contributed by atoms with Crippen LogP contribution in [0.2, 0.25) is 0 Å². The van der Waals surface area contributed by atoms with Gasteiger partial charge in [0, 0.05) is 13.3 Å². The summed E-state index contributed by atoms with van der Waals surface area (Å²) >= 11 is 0. The zero-order chi connectivity index (χ0) is 26.3. The van der Waals surface area contributed by atoms with Crippen molar-refractivity contribution in [1.82, 2.24) is 10.2 Å². The first-order valence-corrected chi connectivity index (χ1v) is 10.3. The zero-order valence-electron chi connectivity index (χ0n) is 18.9. The van der Waals surface area contributed by atoms with Crippen LogP contribution in [0.4, 0.5) is 0 Å². The normalized spacial score (nSPS) is 27.2. The third-order valence-corrected chi connectivity index (χ3v) is 5.33. The summed E-state index contributed by atoms with van der Waals surface area (Å²) in [6.45, 7) is 2.72. The Kier molecular flexibility index (Phi) is 10.8. The molecule has 0 saturated carbocycles. The van der Waals surface area contributed by atoms with Crippen LogP contribution >= 0.6 is 0 Å². The third kappa shape index (κ3) is 7.33. The summed E-state index contributed by atoms with van der Waals surface area (Å²) in [7, 11) is 0. The lowest BCUT2D eigenvalue weighted by Crippen LogP contribution is -2.70. The van der Waals surface area contributed by atoms with Gasteiger partial charge >= 0.3 is 17.9 Å². The van der Waals surface area contributed by atoms with Crippen molar-refractivity contribution >= 4 is 29.7 Å². The van der Waals surface area contributed by atoms with Crippen LogP contribution in [-0.4, -0.2) is 116 Å². The predicted octanol–water partition coefficient (Wildman–Crippen LogP) is -3.08. The fourth-order valence-electron chi connectivity index (χ4n) is 3.44. The molecule has 0 spiro atoms. The molecular weight excluding hydrogens is 462 g/mol. The van der Waals surface area contributed by atoms with Crippen molar-refractivity contribution in [2.75, 3.05) is 6.61 Å². The van der Waals surface area contributed by atoms with E-state index in [-0.39, 0.29) is 0 Å². The van der Waals surface area contributed by atoms with Gasteiger partial charge in [0.25, 0.3) is 0 Å². The highest BCUT2D eigenvalue weighted by Crippen LogP contribution is 2.27. The summed E-state index contributed by atoms with van der Waals surface area (Å²) in [5.74, 6) is -5.83. The Morgan fingerprint density at radius 1 is 1.12 bits per heavy atom. The highest BCUT2D eigenvalue weighted by atomic mass is 16.6. The van der Waals surface area contributed by atoms with Crippen LogP contribution in [0.25, 0.3) is 0 Å². The quantitative estimate of drug-likeness (QED) is 0.143. The fourth-order valence-corrected chi connectivity index (χ4v) is 3.44. The number of hydrogen-bond donors (Lipinski definition) is 7. The SMILES string of the molecule is CC(=O)N(C1O[C@H](CO)[C@@H](O)[C@H](O[C@H](C)C(=O)O)[C@H]1N)[C@@H](C)C(=O)N[C@H](CCC(=O)O)C(=O)O. The molecule has 194 valence electrons. The highest BCUT2D eigenvalue weighted by Gasteiger charge is 2.49. The fraction of sp³-hybridized carbons (Fsp3) is 0.737. The monoisotopic (exact) mass is 493 g/mol. The minimum absolute atomic E-state index is 0.412. The number of aliphatic carboxylic acids is 3. The molecule has 1 heterocycles. The molecular formula is C19H31N3O12. The summed E-state index contributed by atoms with van der Waals surface area (Å²) in [5.41, 5.74) is 6.12. The molecule has 15 nitrogen and oxygen atoms in total. The van der Waals surface area contributed by atoms with E-state index in [0.29, 0.717) is 0 Å². The van der Waals surface area contributed by atoms with Crippen LogP contribution in [0.3, 0.4) is 0 Å². The largest absolute Gasteiger partial charge is 0.481 e. The van der Waals surface area contributed by atoms with E-state index >= 15 is 0 Å². The minimum Gasteiger partial charge on any atom is -0.481 e. The van der Waals surface area contributed by atoms with E-state index in [4.69, 9.17) is 25.4 Å². The Labute approximate surface area is 194 Å². The first-order valence-electron chi connectivity index (χ1n) is 10.3. The van der Waals surface area contributed by atoms with Gasteiger partial charge in [0.1, 0.15) is 30.4 Å². The number of carbonyl (C=O) groups is 5. The van der Waals surface area contributed by atoms with Crippen LogP contribution < -0.4 is 11.1 Å². The zero-order valence-corrected chi connectivity index (χ0v) is 18.9. The third-order valence-electron chi connectivity index (χ3n) is 5.33. The van der Waals surface area contributed by atoms with E-state index in [2.05, 4.69) is 5.32 Å². The first kappa shape index (κ1) is 29.2. The van der Waals surface area contributed by atoms with Crippen molar-refractivity contribution in [2.45, 2.75) is 82.4 Å².